The molecule has 0 saturated carbocycles. The van der Waals surface area contributed by atoms with Gasteiger partial charge in [0.25, 0.3) is 5.91 Å². The molecule has 1 heterocycles. The van der Waals surface area contributed by atoms with E-state index in [1.165, 1.54) is 12.1 Å². The Morgan fingerprint density at radius 2 is 1.86 bits per heavy atom. The van der Waals surface area contributed by atoms with Gasteiger partial charge in [-0.1, -0.05) is 30.3 Å². The maximum absolute atomic E-state index is 12.3. The molecule has 3 nitrogen and oxygen atoms in total. The van der Waals surface area contributed by atoms with Gasteiger partial charge in [0.05, 0.1) is 5.56 Å². The second kappa shape index (κ2) is 6.97. The molecule has 1 N–H and O–H groups in total. The molecule has 1 amide bonds. The number of anilines is 1. The molecule has 114 valence electrons. The third-order valence-corrected chi connectivity index (χ3v) is 4.77. The van der Waals surface area contributed by atoms with Crippen LogP contribution in [0.25, 0.3) is 0 Å². The van der Waals surface area contributed by atoms with Crippen molar-refractivity contribution in [1.29, 1.82) is 0 Å². The van der Waals surface area contributed by atoms with Crippen molar-refractivity contribution in [2.45, 2.75) is 18.9 Å². The molecule has 0 aliphatic carbocycles. The SMILES string of the molecule is O=C(NCC1CCCN1c1ccccc1)c1ccccc1Br. The first-order valence-electron chi connectivity index (χ1n) is 7.60. The number of halogens is 1. The largest absolute Gasteiger partial charge is 0.367 e. The molecule has 1 fully saturated rings. The maximum atomic E-state index is 12.3. The molecule has 1 aliphatic rings. The lowest BCUT2D eigenvalue weighted by atomic mass is 10.1. The fourth-order valence-electron chi connectivity index (χ4n) is 2.96. The van der Waals surface area contributed by atoms with Crippen molar-refractivity contribution in [3.63, 3.8) is 0 Å². The van der Waals surface area contributed by atoms with Crippen LogP contribution in [0.5, 0.6) is 0 Å². The van der Waals surface area contributed by atoms with Gasteiger partial charge < -0.3 is 10.2 Å². The molecule has 1 aliphatic heterocycles. The van der Waals surface area contributed by atoms with Crippen LogP contribution in [0.15, 0.2) is 59.1 Å². The van der Waals surface area contributed by atoms with Crippen molar-refractivity contribution < 1.29 is 4.79 Å². The molecule has 0 aromatic heterocycles. The number of rotatable bonds is 4. The van der Waals surface area contributed by atoms with Crippen LogP contribution < -0.4 is 10.2 Å². The zero-order valence-corrected chi connectivity index (χ0v) is 13.9. The molecule has 3 rings (SSSR count). The molecule has 2 aromatic carbocycles. The Labute approximate surface area is 139 Å². The topological polar surface area (TPSA) is 32.3 Å². The predicted molar refractivity (Wildman–Crippen MR) is 93.3 cm³/mol. The summed E-state index contributed by atoms with van der Waals surface area (Å²) >= 11 is 3.43. The molecule has 4 heteroatoms. The van der Waals surface area contributed by atoms with Crippen LogP contribution >= 0.6 is 15.9 Å². The average Bonchev–Trinajstić information content (AvgIpc) is 3.02. The van der Waals surface area contributed by atoms with E-state index in [-0.39, 0.29) is 5.91 Å². The molecule has 1 atom stereocenters. The number of nitrogens with zero attached hydrogens (tertiary/aromatic N) is 1. The van der Waals surface area contributed by atoms with E-state index in [1.54, 1.807) is 0 Å². The molecule has 1 unspecified atom stereocenters. The smallest absolute Gasteiger partial charge is 0.252 e. The Bertz CT molecular complexity index is 645. The minimum Gasteiger partial charge on any atom is -0.367 e. The minimum atomic E-state index is -0.0209. The highest BCUT2D eigenvalue weighted by Crippen LogP contribution is 2.25. The van der Waals surface area contributed by atoms with Gasteiger partial charge >= 0.3 is 0 Å². The van der Waals surface area contributed by atoms with E-state index in [0.717, 1.165) is 17.4 Å². The fraction of sp³-hybridized carbons (Fsp3) is 0.278. The van der Waals surface area contributed by atoms with Crippen LogP contribution in [0.1, 0.15) is 23.2 Å². The normalized spacial score (nSPS) is 17.5. The van der Waals surface area contributed by atoms with Crippen molar-refractivity contribution in [2.24, 2.45) is 0 Å². The van der Waals surface area contributed by atoms with E-state index >= 15 is 0 Å². The third kappa shape index (κ3) is 3.33. The highest BCUT2D eigenvalue weighted by atomic mass is 79.9. The second-order valence-corrected chi connectivity index (χ2v) is 6.37. The van der Waals surface area contributed by atoms with E-state index in [0.29, 0.717) is 18.2 Å². The maximum Gasteiger partial charge on any atom is 0.252 e. The predicted octanol–water partition coefficient (Wildman–Crippen LogP) is 3.85. The third-order valence-electron chi connectivity index (χ3n) is 4.08. The van der Waals surface area contributed by atoms with Gasteiger partial charge in [-0.15, -0.1) is 0 Å². The number of carbonyl (C=O) groups excluding carboxylic acids is 1. The van der Waals surface area contributed by atoms with Gasteiger partial charge in [-0.3, -0.25) is 4.79 Å². The first-order chi connectivity index (χ1) is 10.8. The lowest BCUT2D eigenvalue weighted by Gasteiger charge is -2.27. The quantitative estimate of drug-likeness (QED) is 0.900. The summed E-state index contributed by atoms with van der Waals surface area (Å²) in [6, 6.07) is 18.3. The van der Waals surface area contributed by atoms with Crippen LogP contribution in [0, 0.1) is 0 Å². The standard InChI is InChI=1S/C18H19BrN2O/c19-17-11-5-4-10-16(17)18(22)20-13-15-9-6-12-21(15)14-7-2-1-3-8-14/h1-5,7-8,10-11,15H,6,9,12-13H2,(H,20,22). The number of hydrogen-bond donors (Lipinski definition) is 1. The van der Waals surface area contributed by atoms with Crippen molar-refractivity contribution in [3.8, 4) is 0 Å². The van der Waals surface area contributed by atoms with E-state index in [2.05, 4.69) is 50.4 Å². The monoisotopic (exact) mass is 358 g/mol. The average molecular weight is 359 g/mol. The van der Waals surface area contributed by atoms with Gasteiger partial charge in [-0.2, -0.15) is 0 Å². The van der Waals surface area contributed by atoms with Crippen LogP contribution in [0.2, 0.25) is 0 Å². The van der Waals surface area contributed by atoms with Gasteiger partial charge in [0.2, 0.25) is 0 Å². The summed E-state index contributed by atoms with van der Waals surface area (Å²) in [7, 11) is 0. The highest BCUT2D eigenvalue weighted by molar-refractivity contribution is 9.10. The summed E-state index contributed by atoms with van der Waals surface area (Å²) < 4.78 is 0.832. The summed E-state index contributed by atoms with van der Waals surface area (Å²) in [6.45, 7) is 1.73. The van der Waals surface area contributed by atoms with E-state index in [4.69, 9.17) is 0 Å². The Balaban J connectivity index is 1.64. The Hall–Kier alpha value is -1.81. The van der Waals surface area contributed by atoms with Crippen LogP contribution in [0.4, 0.5) is 5.69 Å². The van der Waals surface area contributed by atoms with Crippen molar-refractivity contribution in [3.05, 3.63) is 64.6 Å². The van der Waals surface area contributed by atoms with Gasteiger partial charge in [0.15, 0.2) is 0 Å². The zero-order chi connectivity index (χ0) is 15.4. The number of hydrogen-bond acceptors (Lipinski definition) is 2. The lowest BCUT2D eigenvalue weighted by molar-refractivity contribution is 0.0950. The molecular weight excluding hydrogens is 340 g/mol. The highest BCUT2D eigenvalue weighted by Gasteiger charge is 2.25. The van der Waals surface area contributed by atoms with Crippen molar-refractivity contribution >= 4 is 27.5 Å². The minimum absolute atomic E-state index is 0.0209. The van der Waals surface area contributed by atoms with Crippen molar-refractivity contribution in [2.75, 3.05) is 18.0 Å². The zero-order valence-electron chi connectivity index (χ0n) is 12.3. The Morgan fingerprint density at radius 1 is 1.14 bits per heavy atom. The number of nitrogens with one attached hydrogen (secondary N) is 1. The summed E-state index contributed by atoms with van der Waals surface area (Å²) in [5.74, 6) is -0.0209. The van der Waals surface area contributed by atoms with Gasteiger partial charge in [-0.05, 0) is 53.0 Å². The van der Waals surface area contributed by atoms with Crippen molar-refractivity contribution in [1.82, 2.24) is 5.32 Å². The van der Waals surface area contributed by atoms with Gasteiger partial charge in [0.1, 0.15) is 0 Å². The summed E-state index contributed by atoms with van der Waals surface area (Å²) in [4.78, 5) is 14.7. The molecule has 22 heavy (non-hydrogen) atoms. The Kier molecular flexibility index (Phi) is 4.78. The lowest BCUT2D eigenvalue weighted by Crippen LogP contribution is -2.40. The second-order valence-electron chi connectivity index (χ2n) is 5.51. The van der Waals surface area contributed by atoms with Crippen LogP contribution in [-0.2, 0) is 0 Å². The number of carbonyl (C=O) groups is 1. The number of benzene rings is 2. The van der Waals surface area contributed by atoms with Crippen LogP contribution in [0.3, 0.4) is 0 Å². The van der Waals surface area contributed by atoms with Gasteiger partial charge in [-0.25, -0.2) is 0 Å². The van der Waals surface area contributed by atoms with Gasteiger partial charge in [0, 0.05) is 29.3 Å². The van der Waals surface area contributed by atoms with E-state index in [1.807, 2.05) is 30.3 Å². The first-order valence-corrected chi connectivity index (χ1v) is 8.39. The van der Waals surface area contributed by atoms with Crippen LogP contribution in [-0.4, -0.2) is 25.0 Å². The van der Waals surface area contributed by atoms with E-state index < -0.39 is 0 Å². The summed E-state index contributed by atoms with van der Waals surface area (Å²) in [6.07, 6.45) is 2.29. The fourth-order valence-corrected chi connectivity index (χ4v) is 3.42. The molecule has 0 radical (unpaired) electrons. The number of para-hydroxylation sites is 1. The molecule has 0 bridgehead atoms. The molecule has 1 saturated heterocycles. The molecule has 0 spiro atoms. The summed E-state index contributed by atoms with van der Waals surface area (Å²) in [5, 5.41) is 3.07. The first kappa shape index (κ1) is 15.1. The summed E-state index contributed by atoms with van der Waals surface area (Å²) in [5.41, 5.74) is 1.92. The molecule has 2 aromatic rings. The molecular formula is C18H19BrN2O. The number of amides is 1. The van der Waals surface area contributed by atoms with E-state index in [9.17, 15) is 4.79 Å². The Morgan fingerprint density at radius 3 is 2.64 bits per heavy atom.